The highest BCUT2D eigenvalue weighted by molar-refractivity contribution is 7.97. The van der Waals surface area contributed by atoms with Gasteiger partial charge in [0, 0.05) is 6.04 Å². The smallest absolute Gasteiger partial charge is 0.231 e. The highest BCUT2D eigenvalue weighted by Crippen LogP contribution is 2.51. The van der Waals surface area contributed by atoms with Crippen molar-refractivity contribution in [2.45, 2.75) is 37.0 Å². The fourth-order valence-corrected chi connectivity index (χ4v) is 3.67. The maximum absolute atomic E-state index is 6.25. The third-order valence-electron chi connectivity index (χ3n) is 4.02. The van der Waals surface area contributed by atoms with Crippen LogP contribution in [0, 0.1) is 11.8 Å². The molecule has 4 atom stereocenters. The maximum atomic E-state index is 6.25. The third-order valence-corrected chi connectivity index (χ3v) is 4.57. The Hall–Kier alpha value is -0.550. The second kappa shape index (κ2) is 4.04. The lowest BCUT2D eigenvalue weighted by molar-refractivity contribution is 0.278. The van der Waals surface area contributed by atoms with Crippen LogP contribution in [-0.2, 0) is 5.75 Å². The minimum Gasteiger partial charge on any atom is -0.339 e. The van der Waals surface area contributed by atoms with E-state index in [-0.39, 0.29) is 6.04 Å². The van der Waals surface area contributed by atoms with E-state index in [0.717, 1.165) is 17.5 Å². The van der Waals surface area contributed by atoms with E-state index in [2.05, 4.69) is 10.1 Å². The second-order valence-electron chi connectivity index (χ2n) is 4.92. The zero-order valence-corrected chi connectivity index (χ0v) is 10.2. The van der Waals surface area contributed by atoms with Crippen molar-refractivity contribution >= 4 is 11.8 Å². The number of fused-ring (bicyclic) bond motifs is 2. The van der Waals surface area contributed by atoms with Crippen LogP contribution in [0.15, 0.2) is 4.52 Å². The van der Waals surface area contributed by atoms with E-state index in [1.807, 2.05) is 6.26 Å². The van der Waals surface area contributed by atoms with Gasteiger partial charge in [-0.1, -0.05) is 5.16 Å². The van der Waals surface area contributed by atoms with Crippen LogP contribution in [-0.4, -0.2) is 22.4 Å². The summed E-state index contributed by atoms with van der Waals surface area (Å²) in [5, 5.41) is 4.01. The average Bonchev–Trinajstić information content (AvgIpc) is 2.93. The Morgan fingerprint density at radius 2 is 2.25 bits per heavy atom. The molecule has 1 aromatic heterocycles. The first-order chi connectivity index (χ1) is 7.79. The first-order valence-corrected chi connectivity index (χ1v) is 7.26. The molecule has 0 aromatic carbocycles. The number of aromatic nitrogens is 2. The lowest BCUT2D eigenvalue weighted by Gasteiger charge is -2.24. The van der Waals surface area contributed by atoms with Gasteiger partial charge in [0.25, 0.3) is 0 Å². The van der Waals surface area contributed by atoms with E-state index in [1.165, 1.54) is 19.3 Å². The van der Waals surface area contributed by atoms with Crippen molar-refractivity contribution in [2.75, 3.05) is 6.26 Å². The van der Waals surface area contributed by atoms with Gasteiger partial charge in [0.2, 0.25) is 5.89 Å². The van der Waals surface area contributed by atoms with Crippen molar-refractivity contribution in [1.82, 2.24) is 10.1 Å². The molecule has 16 heavy (non-hydrogen) atoms. The first kappa shape index (κ1) is 10.6. The number of thioether (sulfide) groups is 1. The molecule has 2 aliphatic carbocycles. The molecule has 2 bridgehead atoms. The van der Waals surface area contributed by atoms with Gasteiger partial charge in [0.15, 0.2) is 5.82 Å². The molecule has 88 valence electrons. The summed E-state index contributed by atoms with van der Waals surface area (Å²) in [5.41, 5.74) is 6.25. The van der Waals surface area contributed by atoms with Gasteiger partial charge in [-0.3, -0.25) is 0 Å². The second-order valence-corrected chi connectivity index (χ2v) is 5.78. The van der Waals surface area contributed by atoms with Crippen molar-refractivity contribution in [1.29, 1.82) is 0 Å². The molecule has 1 heterocycles. The maximum Gasteiger partial charge on any atom is 0.231 e. The lowest BCUT2D eigenvalue weighted by Crippen LogP contribution is -2.34. The third kappa shape index (κ3) is 1.57. The van der Waals surface area contributed by atoms with Crippen LogP contribution in [0.1, 0.15) is 36.9 Å². The van der Waals surface area contributed by atoms with Crippen LogP contribution in [0.2, 0.25) is 0 Å². The largest absolute Gasteiger partial charge is 0.339 e. The Morgan fingerprint density at radius 1 is 1.44 bits per heavy atom. The highest BCUT2D eigenvalue weighted by Gasteiger charge is 2.48. The average molecular weight is 239 g/mol. The van der Waals surface area contributed by atoms with Crippen LogP contribution in [0.3, 0.4) is 0 Å². The van der Waals surface area contributed by atoms with Crippen LogP contribution in [0.5, 0.6) is 0 Å². The van der Waals surface area contributed by atoms with Crippen LogP contribution in [0.25, 0.3) is 0 Å². The molecule has 1 aromatic rings. The van der Waals surface area contributed by atoms with E-state index >= 15 is 0 Å². The van der Waals surface area contributed by atoms with Gasteiger partial charge in [-0.05, 0) is 37.4 Å². The zero-order valence-electron chi connectivity index (χ0n) is 9.43. The van der Waals surface area contributed by atoms with E-state index in [0.29, 0.717) is 17.8 Å². The Morgan fingerprint density at radius 3 is 2.94 bits per heavy atom. The molecule has 0 radical (unpaired) electrons. The number of hydrogen-bond donors (Lipinski definition) is 1. The van der Waals surface area contributed by atoms with Gasteiger partial charge < -0.3 is 10.3 Å². The molecule has 4 nitrogen and oxygen atoms in total. The summed E-state index contributed by atoms with van der Waals surface area (Å²) in [6, 6.07) is 0.237. The quantitative estimate of drug-likeness (QED) is 0.871. The van der Waals surface area contributed by atoms with Crippen molar-refractivity contribution in [3.8, 4) is 0 Å². The van der Waals surface area contributed by atoms with Crippen LogP contribution >= 0.6 is 11.8 Å². The van der Waals surface area contributed by atoms with Crippen LogP contribution < -0.4 is 5.73 Å². The summed E-state index contributed by atoms with van der Waals surface area (Å²) in [7, 11) is 0. The fourth-order valence-electron chi connectivity index (χ4n) is 3.29. The molecule has 3 rings (SSSR count). The number of rotatable bonds is 3. The number of nitrogens with zero attached hydrogens (tertiary/aromatic N) is 2. The molecule has 0 aliphatic heterocycles. The predicted octanol–water partition coefficient (Wildman–Crippen LogP) is 1.77. The number of hydrogen-bond acceptors (Lipinski definition) is 5. The monoisotopic (exact) mass is 239 g/mol. The molecule has 0 amide bonds. The van der Waals surface area contributed by atoms with Crippen molar-refractivity contribution < 1.29 is 4.52 Å². The van der Waals surface area contributed by atoms with E-state index < -0.39 is 0 Å². The molecule has 4 unspecified atom stereocenters. The highest BCUT2D eigenvalue weighted by atomic mass is 32.2. The summed E-state index contributed by atoms with van der Waals surface area (Å²) in [5.74, 6) is 4.09. The first-order valence-electron chi connectivity index (χ1n) is 5.86. The summed E-state index contributed by atoms with van der Waals surface area (Å²) < 4.78 is 5.37. The SMILES string of the molecule is CSCc1noc(C2C3CCC(C3)C2N)n1. The number of nitrogens with two attached hydrogens (primary N) is 1. The molecule has 0 saturated heterocycles. The van der Waals surface area contributed by atoms with E-state index in [1.54, 1.807) is 11.8 Å². The van der Waals surface area contributed by atoms with Crippen molar-refractivity contribution in [2.24, 2.45) is 17.6 Å². The zero-order chi connectivity index (χ0) is 11.1. The van der Waals surface area contributed by atoms with Gasteiger partial charge in [-0.15, -0.1) is 0 Å². The van der Waals surface area contributed by atoms with Crippen LogP contribution in [0.4, 0.5) is 0 Å². The molecule has 2 aliphatic rings. The Kier molecular flexibility index (Phi) is 2.67. The van der Waals surface area contributed by atoms with Crippen molar-refractivity contribution in [3.05, 3.63) is 11.7 Å². The molecular weight excluding hydrogens is 222 g/mol. The predicted molar refractivity (Wildman–Crippen MR) is 63.1 cm³/mol. The Labute approximate surface area is 99.4 Å². The lowest BCUT2D eigenvalue weighted by atomic mass is 9.85. The molecule has 2 N–H and O–H groups in total. The topological polar surface area (TPSA) is 64.9 Å². The normalized spacial score (nSPS) is 37.1. The minimum atomic E-state index is 0.237. The van der Waals surface area contributed by atoms with Crippen molar-refractivity contribution in [3.63, 3.8) is 0 Å². The van der Waals surface area contributed by atoms with Gasteiger partial charge in [-0.25, -0.2) is 0 Å². The molecule has 5 heteroatoms. The summed E-state index contributed by atoms with van der Waals surface area (Å²) in [6.45, 7) is 0. The summed E-state index contributed by atoms with van der Waals surface area (Å²) in [6.07, 6.45) is 5.86. The van der Waals surface area contributed by atoms with Gasteiger partial charge in [0.1, 0.15) is 0 Å². The molecule has 2 fully saturated rings. The van der Waals surface area contributed by atoms with Gasteiger partial charge in [-0.2, -0.15) is 16.7 Å². The Balaban J connectivity index is 1.81. The summed E-state index contributed by atoms with van der Waals surface area (Å²) in [4.78, 5) is 4.47. The minimum absolute atomic E-state index is 0.237. The van der Waals surface area contributed by atoms with Gasteiger partial charge in [0.05, 0.1) is 11.7 Å². The van der Waals surface area contributed by atoms with E-state index in [9.17, 15) is 0 Å². The summed E-state index contributed by atoms with van der Waals surface area (Å²) >= 11 is 1.71. The standard InChI is InChI=1S/C11H17N3OS/c1-16-5-8-13-11(15-14-8)9-6-2-3-7(4-6)10(9)12/h6-7,9-10H,2-5,12H2,1H3. The molecular formula is C11H17N3OS. The van der Waals surface area contributed by atoms with E-state index in [4.69, 9.17) is 10.3 Å². The Bertz CT molecular complexity index is 379. The molecule has 0 spiro atoms. The van der Waals surface area contributed by atoms with Gasteiger partial charge >= 0.3 is 0 Å². The molecule has 2 saturated carbocycles. The fraction of sp³-hybridized carbons (Fsp3) is 0.818.